The largest absolute Gasteiger partial charge is 0.368 e. The summed E-state index contributed by atoms with van der Waals surface area (Å²) in [5, 5.41) is 2.94. The van der Waals surface area contributed by atoms with Gasteiger partial charge in [0.15, 0.2) is 0 Å². The number of rotatable bonds is 4. The Morgan fingerprint density at radius 3 is 3.14 bits per heavy atom. The molecule has 0 aromatic carbocycles. The lowest BCUT2D eigenvalue weighted by Gasteiger charge is -2.06. The normalized spacial score (nSPS) is 9.07. The van der Waals surface area contributed by atoms with Gasteiger partial charge in [-0.3, -0.25) is 4.79 Å². The first-order chi connectivity index (χ1) is 6.75. The summed E-state index contributed by atoms with van der Waals surface area (Å²) in [7, 11) is 0. The minimum Gasteiger partial charge on any atom is -0.368 e. The lowest BCUT2D eigenvalue weighted by atomic mass is 10.2. The van der Waals surface area contributed by atoms with Gasteiger partial charge in [-0.2, -0.15) is 0 Å². The highest BCUT2D eigenvalue weighted by molar-refractivity contribution is 5.97. The van der Waals surface area contributed by atoms with Crippen LogP contribution in [0, 0.1) is 12.3 Å². The van der Waals surface area contributed by atoms with Crippen LogP contribution in [-0.2, 0) is 0 Å². The van der Waals surface area contributed by atoms with E-state index in [0.717, 1.165) is 0 Å². The number of carbonyl (C=O) groups excluding carboxylic acids is 1. The number of carbonyl (C=O) groups is 1. The molecule has 0 spiro atoms. The van der Waals surface area contributed by atoms with Gasteiger partial charge in [-0.05, 0) is 12.1 Å². The van der Waals surface area contributed by atoms with E-state index in [1.54, 1.807) is 18.3 Å². The van der Waals surface area contributed by atoms with Gasteiger partial charge in [0.05, 0.1) is 5.56 Å². The van der Waals surface area contributed by atoms with Gasteiger partial charge in [-0.1, -0.05) is 0 Å². The third kappa shape index (κ3) is 2.49. The predicted octanol–water partition coefficient (Wildman–Crippen LogP) is 0.616. The first-order valence-electron chi connectivity index (χ1n) is 4.18. The Kier molecular flexibility index (Phi) is 3.50. The van der Waals surface area contributed by atoms with Gasteiger partial charge in [0.25, 0.3) is 5.91 Å². The van der Waals surface area contributed by atoms with Crippen LogP contribution in [0.15, 0.2) is 18.3 Å². The summed E-state index contributed by atoms with van der Waals surface area (Å²) in [5.74, 6) is 2.46. The average Bonchev–Trinajstić information content (AvgIpc) is 2.19. The summed E-state index contributed by atoms with van der Waals surface area (Å²) in [6, 6.07) is 3.28. The summed E-state index contributed by atoms with van der Waals surface area (Å²) in [6.07, 6.45) is 7.25. The van der Waals surface area contributed by atoms with Gasteiger partial charge in [0, 0.05) is 19.2 Å². The van der Waals surface area contributed by atoms with Crippen LogP contribution in [0.3, 0.4) is 0 Å². The smallest absolute Gasteiger partial charge is 0.252 e. The standard InChI is InChI=1S/C10H11N3O/c1-2-3-6-12-10-8(9(11)14)5-4-7-13-10/h1,4-5,7H,3,6H2,(H2,11,14)(H,12,13). The van der Waals surface area contributed by atoms with Crippen LogP contribution >= 0.6 is 0 Å². The third-order valence-electron chi connectivity index (χ3n) is 1.63. The number of pyridine rings is 1. The van der Waals surface area contributed by atoms with E-state index in [0.29, 0.717) is 24.3 Å². The van der Waals surface area contributed by atoms with Crippen molar-refractivity contribution in [2.75, 3.05) is 11.9 Å². The number of nitrogens with zero attached hydrogens (tertiary/aromatic N) is 1. The fourth-order valence-electron chi connectivity index (χ4n) is 0.998. The summed E-state index contributed by atoms with van der Waals surface area (Å²) >= 11 is 0. The highest BCUT2D eigenvalue weighted by Crippen LogP contribution is 2.09. The Morgan fingerprint density at radius 2 is 2.50 bits per heavy atom. The van der Waals surface area contributed by atoms with Crippen LogP contribution in [0.25, 0.3) is 0 Å². The van der Waals surface area contributed by atoms with Crippen molar-refractivity contribution in [2.24, 2.45) is 5.73 Å². The number of terminal acetylenes is 1. The van der Waals surface area contributed by atoms with Crippen LogP contribution in [-0.4, -0.2) is 17.4 Å². The Labute approximate surface area is 82.5 Å². The Balaban J connectivity index is 2.75. The lowest BCUT2D eigenvalue weighted by molar-refractivity contribution is 0.100. The zero-order chi connectivity index (χ0) is 10.4. The molecule has 0 saturated carbocycles. The van der Waals surface area contributed by atoms with E-state index in [-0.39, 0.29) is 0 Å². The van der Waals surface area contributed by atoms with Crippen molar-refractivity contribution in [1.82, 2.24) is 4.98 Å². The van der Waals surface area contributed by atoms with Crippen LogP contribution in [0.1, 0.15) is 16.8 Å². The first-order valence-corrected chi connectivity index (χ1v) is 4.18. The van der Waals surface area contributed by atoms with Crippen LogP contribution in [0.5, 0.6) is 0 Å². The SMILES string of the molecule is C#CCCNc1ncccc1C(N)=O. The topological polar surface area (TPSA) is 68.0 Å². The fourth-order valence-corrected chi connectivity index (χ4v) is 0.998. The van der Waals surface area contributed by atoms with Crippen molar-refractivity contribution in [2.45, 2.75) is 6.42 Å². The van der Waals surface area contributed by atoms with E-state index in [1.165, 1.54) is 0 Å². The quantitative estimate of drug-likeness (QED) is 0.538. The second-order valence-electron chi connectivity index (χ2n) is 2.64. The average molecular weight is 189 g/mol. The van der Waals surface area contributed by atoms with Crippen molar-refractivity contribution >= 4 is 11.7 Å². The van der Waals surface area contributed by atoms with Gasteiger partial charge in [-0.25, -0.2) is 4.98 Å². The third-order valence-corrected chi connectivity index (χ3v) is 1.63. The van der Waals surface area contributed by atoms with E-state index in [9.17, 15) is 4.79 Å². The van der Waals surface area contributed by atoms with Crippen molar-refractivity contribution in [3.8, 4) is 12.3 Å². The van der Waals surface area contributed by atoms with Gasteiger partial charge >= 0.3 is 0 Å². The highest BCUT2D eigenvalue weighted by Gasteiger charge is 2.06. The maximum absolute atomic E-state index is 11.0. The molecule has 1 amide bonds. The summed E-state index contributed by atoms with van der Waals surface area (Å²) in [6.45, 7) is 0.577. The van der Waals surface area contributed by atoms with Crippen molar-refractivity contribution in [1.29, 1.82) is 0 Å². The number of hydrogen-bond donors (Lipinski definition) is 2. The monoisotopic (exact) mass is 189 g/mol. The zero-order valence-corrected chi connectivity index (χ0v) is 7.66. The van der Waals surface area contributed by atoms with E-state index in [1.807, 2.05) is 0 Å². The van der Waals surface area contributed by atoms with Gasteiger partial charge in [0.2, 0.25) is 0 Å². The molecule has 14 heavy (non-hydrogen) atoms. The number of nitrogens with two attached hydrogens (primary N) is 1. The van der Waals surface area contributed by atoms with E-state index in [4.69, 9.17) is 12.2 Å². The van der Waals surface area contributed by atoms with Crippen molar-refractivity contribution in [3.63, 3.8) is 0 Å². The number of nitrogens with one attached hydrogen (secondary N) is 1. The molecule has 4 nitrogen and oxygen atoms in total. The van der Waals surface area contributed by atoms with E-state index in [2.05, 4.69) is 16.2 Å². The molecule has 0 saturated heterocycles. The molecule has 3 N–H and O–H groups in total. The molecule has 0 bridgehead atoms. The molecule has 0 aliphatic rings. The number of hydrogen-bond acceptors (Lipinski definition) is 3. The second kappa shape index (κ2) is 4.87. The molecule has 1 heterocycles. The van der Waals surface area contributed by atoms with E-state index >= 15 is 0 Å². The molecule has 0 aliphatic carbocycles. The Morgan fingerprint density at radius 1 is 1.71 bits per heavy atom. The number of aromatic nitrogens is 1. The van der Waals surface area contributed by atoms with Crippen LogP contribution in [0.4, 0.5) is 5.82 Å². The molecular formula is C10H11N3O. The Bertz CT molecular complexity index is 368. The van der Waals surface area contributed by atoms with Crippen LogP contribution < -0.4 is 11.1 Å². The molecule has 0 aliphatic heterocycles. The predicted molar refractivity (Wildman–Crippen MR) is 54.7 cm³/mol. The molecule has 1 aromatic heterocycles. The molecule has 1 rings (SSSR count). The van der Waals surface area contributed by atoms with Gasteiger partial charge < -0.3 is 11.1 Å². The minimum absolute atomic E-state index is 0.379. The maximum Gasteiger partial charge on any atom is 0.252 e. The van der Waals surface area contributed by atoms with Gasteiger partial charge in [-0.15, -0.1) is 12.3 Å². The summed E-state index contributed by atoms with van der Waals surface area (Å²) < 4.78 is 0. The van der Waals surface area contributed by atoms with E-state index < -0.39 is 5.91 Å². The number of primary amides is 1. The number of anilines is 1. The maximum atomic E-state index is 11.0. The van der Waals surface area contributed by atoms with Gasteiger partial charge in [0.1, 0.15) is 5.82 Å². The molecule has 1 aromatic rings. The Hall–Kier alpha value is -2.02. The molecular weight excluding hydrogens is 178 g/mol. The van der Waals surface area contributed by atoms with Crippen molar-refractivity contribution in [3.05, 3.63) is 23.9 Å². The van der Waals surface area contributed by atoms with Crippen molar-refractivity contribution < 1.29 is 4.79 Å². The molecule has 0 radical (unpaired) electrons. The van der Waals surface area contributed by atoms with Crippen LogP contribution in [0.2, 0.25) is 0 Å². The second-order valence-corrected chi connectivity index (χ2v) is 2.64. The molecule has 0 unspecified atom stereocenters. The highest BCUT2D eigenvalue weighted by atomic mass is 16.1. The zero-order valence-electron chi connectivity index (χ0n) is 7.66. The summed E-state index contributed by atoms with van der Waals surface area (Å²) in [4.78, 5) is 14.9. The lowest BCUT2D eigenvalue weighted by Crippen LogP contribution is -2.15. The minimum atomic E-state index is -0.499. The summed E-state index contributed by atoms with van der Waals surface area (Å²) in [5.41, 5.74) is 5.54. The number of amides is 1. The molecule has 0 atom stereocenters. The molecule has 4 heteroatoms. The molecule has 0 fully saturated rings. The molecule has 72 valence electrons. The first kappa shape index (κ1) is 10.1. The fraction of sp³-hybridized carbons (Fsp3) is 0.200.